The molecule has 0 unspecified atom stereocenters. The van der Waals surface area contributed by atoms with E-state index in [9.17, 15) is 4.79 Å². The molecule has 2 heterocycles. The van der Waals surface area contributed by atoms with Crippen molar-refractivity contribution in [2.75, 3.05) is 24.2 Å². The Bertz CT molecular complexity index is 897. The van der Waals surface area contributed by atoms with Crippen LogP contribution >= 0.6 is 0 Å². The van der Waals surface area contributed by atoms with Crippen molar-refractivity contribution >= 4 is 28.2 Å². The van der Waals surface area contributed by atoms with E-state index in [1.165, 1.54) is 5.56 Å². The van der Waals surface area contributed by atoms with Crippen LogP contribution in [0, 0.1) is 0 Å². The molecule has 0 saturated heterocycles. The molecule has 1 aliphatic heterocycles. The molecule has 0 saturated carbocycles. The maximum Gasteiger partial charge on any atom is 0.354 e. The highest BCUT2D eigenvalue weighted by Gasteiger charge is 2.17. The van der Waals surface area contributed by atoms with Crippen molar-refractivity contribution in [3.8, 4) is 0 Å². The predicted octanol–water partition coefficient (Wildman–Crippen LogP) is 3.12. The number of esters is 1. The van der Waals surface area contributed by atoms with Crippen LogP contribution in [0.3, 0.4) is 0 Å². The summed E-state index contributed by atoms with van der Waals surface area (Å²) in [4.78, 5) is 15.4. The highest BCUT2D eigenvalue weighted by molar-refractivity contribution is 5.98. The fourth-order valence-electron chi connectivity index (χ4n) is 3.15. The number of H-pyrrole nitrogens is 1. The Morgan fingerprint density at radius 1 is 1.17 bits per heavy atom. The van der Waals surface area contributed by atoms with Gasteiger partial charge in [-0.25, -0.2) is 4.79 Å². The number of aromatic amines is 1. The van der Waals surface area contributed by atoms with Gasteiger partial charge < -0.3 is 20.8 Å². The Hall–Kier alpha value is -2.95. The summed E-state index contributed by atoms with van der Waals surface area (Å²) in [6, 6.07) is 13.5. The molecular weight excluding hydrogens is 302 g/mol. The molecule has 0 atom stereocenters. The lowest BCUT2D eigenvalue weighted by atomic mass is 10.1. The first-order chi connectivity index (χ1) is 11.7. The van der Waals surface area contributed by atoms with E-state index in [4.69, 9.17) is 10.5 Å². The van der Waals surface area contributed by atoms with E-state index in [1.807, 2.05) is 36.4 Å². The van der Waals surface area contributed by atoms with Gasteiger partial charge in [0, 0.05) is 35.2 Å². The molecule has 4 rings (SSSR count). The monoisotopic (exact) mass is 321 g/mol. The molecular formula is C19H19N3O2. The van der Waals surface area contributed by atoms with Crippen molar-refractivity contribution in [1.82, 2.24) is 4.98 Å². The summed E-state index contributed by atoms with van der Waals surface area (Å²) in [6.07, 6.45) is 1.65. The maximum atomic E-state index is 12.3. The van der Waals surface area contributed by atoms with E-state index in [0.717, 1.165) is 40.8 Å². The average molecular weight is 321 g/mol. The van der Waals surface area contributed by atoms with Crippen LogP contribution in [0.1, 0.15) is 21.6 Å². The fraction of sp³-hybridized carbons (Fsp3) is 0.211. The number of ether oxygens (including phenoxy) is 1. The van der Waals surface area contributed by atoms with Gasteiger partial charge in [0.1, 0.15) is 5.69 Å². The third kappa shape index (κ3) is 2.69. The largest absolute Gasteiger partial charge is 0.461 e. The lowest BCUT2D eigenvalue weighted by molar-refractivity contribution is 0.0503. The number of rotatable bonds is 4. The summed E-state index contributed by atoms with van der Waals surface area (Å²) in [5.41, 5.74) is 11.4. The molecule has 122 valence electrons. The first kappa shape index (κ1) is 14.6. The molecule has 0 fully saturated rings. The summed E-state index contributed by atoms with van der Waals surface area (Å²) < 4.78 is 5.39. The molecule has 3 aromatic rings. The number of nitrogens with two attached hydrogens (primary N) is 1. The van der Waals surface area contributed by atoms with Gasteiger partial charge in [-0.15, -0.1) is 0 Å². The van der Waals surface area contributed by atoms with Crippen LogP contribution in [0.2, 0.25) is 0 Å². The predicted molar refractivity (Wildman–Crippen MR) is 95.3 cm³/mol. The lowest BCUT2D eigenvalue weighted by Gasteiger charge is -2.04. The van der Waals surface area contributed by atoms with Crippen LogP contribution in [0.5, 0.6) is 0 Å². The molecule has 0 amide bonds. The SMILES string of the molecule is Nc1ccc(CCOC(=O)c2cc3c4c(ccc3[nH]2)NCC4)cc1. The molecule has 5 heteroatoms. The van der Waals surface area contributed by atoms with Gasteiger partial charge in [-0.3, -0.25) is 0 Å². The highest BCUT2D eigenvalue weighted by atomic mass is 16.5. The Morgan fingerprint density at radius 2 is 2.00 bits per heavy atom. The quantitative estimate of drug-likeness (QED) is 0.509. The van der Waals surface area contributed by atoms with Gasteiger partial charge in [0.25, 0.3) is 0 Å². The second-order valence-corrected chi connectivity index (χ2v) is 6.04. The molecule has 24 heavy (non-hydrogen) atoms. The fourth-order valence-corrected chi connectivity index (χ4v) is 3.15. The van der Waals surface area contributed by atoms with Gasteiger partial charge in [-0.1, -0.05) is 12.1 Å². The topological polar surface area (TPSA) is 80.1 Å². The van der Waals surface area contributed by atoms with E-state index >= 15 is 0 Å². The maximum absolute atomic E-state index is 12.3. The summed E-state index contributed by atoms with van der Waals surface area (Å²) in [5, 5.41) is 4.45. The number of carbonyl (C=O) groups excluding carboxylic acids is 1. The van der Waals surface area contributed by atoms with Crippen molar-refractivity contribution in [2.24, 2.45) is 0 Å². The van der Waals surface area contributed by atoms with E-state index < -0.39 is 0 Å². The summed E-state index contributed by atoms with van der Waals surface area (Å²) in [6.45, 7) is 1.29. The number of hydrogen-bond acceptors (Lipinski definition) is 4. The zero-order chi connectivity index (χ0) is 16.5. The number of hydrogen-bond donors (Lipinski definition) is 3. The second kappa shape index (κ2) is 5.92. The lowest BCUT2D eigenvalue weighted by Crippen LogP contribution is -2.08. The minimum atomic E-state index is -0.318. The Labute approximate surface area is 139 Å². The molecule has 0 radical (unpaired) electrons. The Balaban J connectivity index is 1.44. The average Bonchev–Trinajstić information content (AvgIpc) is 3.22. The summed E-state index contributed by atoms with van der Waals surface area (Å²) in [7, 11) is 0. The Morgan fingerprint density at radius 3 is 2.83 bits per heavy atom. The zero-order valence-corrected chi connectivity index (χ0v) is 13.3. The molecule has 1 aliphatic rings. The number of fused-ring (bicyclic) bond motifs is 3. The van der Waals surface area contributed by atoms with E-state index in [0.29, 0.717) is 18.7 Å². The summed E-state index contributed by atoms with van der Waals surface area (Å²) in [5.74, 6) is -0.318. The van der Waals surface area contributed by atoms with Crippen LogP contribution in [-0.2, 0) is 17.6 Å². The van der Waals surface area contributed by atoms with Gasteiger partial charge in [0.2, 0.25) is 0 Å². The van der Waals surface area contributed by atoms with Crippen molar-refractivity contribution in [2.45, 2.75) is 12.8 Å². The molecule has 1 aromatic heterocycles. The van der Waals surface area contributed by atoms with Crippen LogP contribution in [0.15, 0.2) is 42.5 Å². The number of anilines is 2. The highest BCUT2D eigenvalue weighted by Crippen LogP contribution is 2.30. The summed E-state index contributed by atoms with van der Waals surface area (Å²) >= 11 is 0. The number of benzene rings is 2. The van der Waals surface area contributed by atoms with Crippen molar-refractivity contribution in [3.05, 3.63) is 59.3 Å². The molecule has 0 aliphatic carbocycles. The van der Waals surface area contributed by atoms with Crippen LogP contribution in [0.4, 0.5) is 11.4 Å². The minimum Gasteiger partial charge on any atom is -0.461 e. The third-order valence-electron chi connectivity index (χ3n) is 4.43. The minimum absolute atomic E-state index is 0.318. The molecule has 2 aromatic carbocycles. The van der Waals surface area contributed by atoms with Gasteiger partial charge in [-0.05, 0) is 47.9 Å². The number of nitrogens with one attached hydrogen (secondary N) is 2. The number of aromatic nitrogens is 1. The van der Waals surface area contributed by atoms with E-state index in [-0.39, 0.29) is 5.97 Å². The van der Waals surface area contributed by atoms with Crippen LogP contribution in [0.25, 0.3) is 10.9 Å². The van der Waals surface area contributed by atoms with Crippen molar-refractivity contribution in [3.63, 3.8) is 0 Å². The molecule has 4 N–H and O–H groups in total. The van der Waals surface area contributed by atoms with Crippen molar-refractivity contribution in [1.29, 1.82) is 0 Å². The van der Waals surface area contributed by atoms with Gasteiger partial charge in [0.15, 0.2) is 0 Å². The molecule has 0 bridgehead atoms. The zero-order valence-electron chi connectivity index (χ0n) is 13.3. The van der Waals surface area contributed by atoms with Crippen LogP contribution < -0.4 is 11.1 Å². The van der Waals surface area contributed by atoms with Gasteiger partial charge in [0.05, 0.1) is 6.61 Å². The van der Waals surface area contributed by atoms with Crippen LogP contribution in [-0.4, -0.2) is 24.1 Å². The van der Waals surface area contributed by atoms with Crippen molar-refractivity contribution < 1.29 is 9.53 Å². The smallest absolute Gasteiger partial charge is 0.354 e. The first-order valence-electron chi connectivity index (χ1n) is 8.11. The number of nitrogen functional groups attached to an aromatic ring is 1. The second-order valence-electron chi connectivity index (χ2n) is 6.04. The van der Waals surface area contributed by atoms with Gasteiger partial charge in [-0.2, -0.15) is 0 Å². The molecule has 5 nitrogen and oxygen atoms in total. The number of carbonyl (C=O) groups is 1. The Kier molecular flexibility index (Phi) is 3.61. The standard InChI is InChI=1S/C19H19N3O2/c20-13-3-1-12(2-4-13)8-10-24-19(23)18-11-15-14-7-9-21-16(14)5-6-17(15)22-18/h1-6,11,21-22H,7-10,20H2. The van der Waals surface area contributed by atoms with E-state index in [2.05, 4.69) is 16.4 Å². The molecule has 0 spiro atoms. The van der Waals surface area contributed by atoms with Gasteiger partial charge >= 0.3 is 5.97 Å². The normalized spacial score (nSPS) is 12.8. The third-order valence-corrected chi connectivity index (χ3v) is 4.43. The first-order valence-corrected chi connectivity index (χ1v) is 8.11. The van der Waals surface area contributed by atoms with E-state index in [1.54, 1.807) is 0 Å².